The van der Waals surface area contributed by atoms with E-state index in [0.717, 1.165) is 19.0 Å². The van der Waals surface area contributed by atoms with E-state index >= 15 is 0 Å². The fourth-order valence-electron chi connectivity index (χ4n) is 1.55. The highest BCUT2D eigenvalue weighted by atomic mass is 16.4. The number of carboxylic acid groups (broad SMARTS) is 1. The third-order valence-corrected chi connectivity index (χ3v) is 2.75. The van der Waals surface area contributed by atoms with E-state index in [0.29, 0.717) is 6.54 Å². The van der Waals surface area contributed by atoms with Crippen molar-refractivity contribution < 1.29 is 9.90 Å². The van der Waals surface area contributed by atoms with Crippen LogP contribution in [-0.2, 0) is 4.79 Å². The zero-order valence-electron chi connectivity index (χ0n) is 8.99. The fourth-order valence-corrected chi connectivity index (χ4v) is 1.55. The molecule has 0 bridgehead atoms. The summed E-state index contributed by atoms with van der Waals surface area (Å²) < 4.78 is 0. The molecule has 1 aliphatic rings. The maximum Gasteiger partial charge on any atom is 0.322 e. The topological polar surface area (TPSA) is 52.6 Å². The molecule has 0 heterocycles. The van der Waals surface area contributed by atoms with Crippen molar-refractivity contribution in [3.8, 4) is 0 Å². The molecule has 0 amide bonds. The quantitative estimate of drug-likeness (QED) is 0.624. The lowest BCUT2D eigenvalue weighted by molar-refractivity contribution is -0.139. The second-order valence-corrected chi connectivity index (χ2v) is 3.98. The predicted molar refractivity (Wildman–Crippen MR) is 55.3 cm³/mol. The Hall–Kier alpha value is -0.610. The average molecular weight is 200 g/mol. The third kappa shape index (κ3) is 3.64. The van der Waals surface area contributed by atoms with Crippen molar-refractivity contribution >= 4 is 5.97 Å². The standard InChI is InChI=1S/C10H20N2O2/c1-3-12(6-8-4-5-8)7-9(11-2)10(13)14/h8-9,11H,3-7H2,1-2H3,(H,13,14). The Bertz CT molecular complexity index is 193. The second-order valence-electron chi connectivity index (χ2n) is 3.98. The van der Waals surface area contributed by atoms with Gasteiger partial charge in [0.15, 0.2) is 0 Å². The van der Waals surface area contributed by atoms with Crippen molar-refractivity contribution in [2.75, 3.05) is 26.7 Å². The Morgan fingerprint density at radius 2 is 2.29 bits per heavy atom. The number of likely N-dealkylation sites (N-methyl/N-ethyl adjacent to an activating group) is 2. The van der Waals surface area contributed by atoms with Gasteiger partial charge in [-0.1, -0.05) is 6.92 Å². The van der Waals surface area contributed by atoms with Crippen LogP contribution in [0.25, 0.3) is 0 Å². The zero-order valence-corrected chi connectivity index (χ0v) is 8.99. The van der Waals surface area contributed by atoms with Gasteiger partial charge < -0.3 is 15.3 Å². The van der Waals surface area contributed by atoms with Gasteiger partial charge in [-0.25, -0.2) is 0 Å². The number of nitrogens with zero attached hydrogens (tertiary/aromatic N) is 1. The van der Waals surface area contributed by atoms with Gasteiger partial charge in [-0.2, -0.15) is 0 Å². The van der Waals surface area contributed by atoms with Crippen LogP contribution in [-0.4, -0.2) is 48.7 Å². The summed E-state index contributed by atoms with van der Waals surface area (Å²) in [5.41, 5.74) is 0. The normalized spacial score (nSPS) is 18.5. The van der Waals surface area contributed by atoms with Crippen LogP contribution in [0.2, 0.25) is 0 Å². The molecule has 82 valence electrons. The van der Waals surface area contributed by atoms with E-state index < -0.39 is 12.0 Å². The van der Waals surface area contributed by atoms with Crippen molar-refractivity contribution in [2.24, 2.45) is 5.92 Å². The fraction of sp³-hybridized carbons (Fsp3) is 0.900. The number of hydrogen-bond donors (Lipinski definition) is 2. The largest absolute Gasteiger partial charge is 0.480 e. The van der Waals surface area contributed by atoms with E-state index in [2.05, 4.69) is 17.1 Å². The van der Waals surface area contributed by atoms with Crippen LogP contribution < -0.4 is 5.32 Å². The summed E-state index contributed by atoms with van der Waals surface area (Å²) >= 11 is 0. The minimum Gasteiger partial charge on any atom is -0.480 e. The Morgan fingerprint density at radius 1 is 1.64 bits per heavy atom. The molecule has 4 heteroatoms. The monoisotopic (exact) mass is 200 g/mol. The average Bonchev–Trinajstić information content (AvgIpc) is 2.95. The number of carboxylic acids is 1. The molecule has 0 aromatic heterocycles. The molecule has 1 fully saturated rings. The number of rotatable bonds is 7. The van der Waals surface area contributed by atoms with E-state index in [1.54, 1.807) is 7.05 Å². The van der Waals surface area contributed by atoms with Gasteiger partial charge in [0.25, 0.3) is 0 Å². The molecule has 14 heavy (non-hydrogen) atoms. The van der Waals surface area contributed by atoms with Crippen LogP contribution in [0.5, 0.6) is 0 Å². The molecular formula is C10H20N2O2. The highest BCUT2D eigenvalue weighted by molar-refractivity contribution is 5.73. The molecule has 1 rings (SSSR count). The van der Waals surface area contributed by atoms with Gasteiger partial charge in [0.2, 0.25) is 0 Å². The van der Waals surface area contributed by atoms with Crippen LogP contribution in [0.4, 0.5) is 0 Å². The van der Waals surface area contributed by atoms with Gasteiger partial charge in [0.05, 0.1) is 0 Å². The predicted octanol–water partition coefficient (Wildman–Crippen LogP) is 0.391. The molecule has 0 aromatic carbocycles. The first-order chi connectivity index (χ1) is 6.67. The molecule has 0 saturated heterocycles. The first-order valence-electron chi connectivity index (χ1n) is 5.29. The van der Waals surface area contributed by atoms with E-state index in [-0.39, 0.29) is 0 Å². The molecular weight excluding hydrogens is 180 g/mol. The van der Waals surface area contributed by atoms with Crippen molar-refractivity contribution in [1.82, 2.24) is 10.2 Å². The van der Waals surface area contributed by atoms with Crippen LogP contribution in [0, 0.1) is 5.92 Å². The molecule has 1 aliphatic carbocycles. The van der Waals surface area contributed by atoms with Crippen molar-refractivity contribution in [1.29, 1.82) is 0 Å². The lowest BCUT2D eigenvalue weighted by Gasteiger charge is -2.23. The second kappa shape index (κ2) is 5.32. The first-order valence-corrected chi connectivity index (χ1v) is 5.29. The molecule has 1 unspecified atom stereocenters. The summed E-state index contributed by atoms with van der Waals surface area (Å²) in [7, 11) is 1.70. The Kier molecular flexibility index (Phi) is 4.35. The number of aliphatic carboxylic acids is 1. The van der Waals surface area contributed by atoms with Crippen LogP contribution >= 0.6 is 0 Å². The summed E-state index contributed by atoms with van der Waals surface area (Å²) in [5.74, 6) is 0.0583. The van der Waals surface area contributed by atoms with Gasteiger partial charge >= 0.3 is 5.97 Å². The summed E-state index contributed by atoms with van der Waals surface area (Å²) in [5, 5.41) is 11.7. The van der Waals surface area contributed by atoms with Crippen molar-refractivity contribution in [3.05, 3.63) is 0 Å². The van der Waals surface area contributed by atoms with E-state index in [1.807, 2.05) is 0 Å². The molecule has 0 aliphatic heterocycles. The van der Waals surface area contributed by atoms with Crippen molar-refractivity contribution in [2.45, 2.75) is 25.8 Å². The van der Waals surface area contributed by atoms with Gasteiger partial charge in [-0.3, -0.25) is 4.79 Å². The van der Waals surface area contributed by atoms with Crippen LogP contribution in [0.15, 0.2) is 0 Å². The van der Waals surface area contributed by atoms with Crippen LogP contribution in [0.3, 0.4) is 0 Å². The maximum absolute atomic E-state index is 10.8. The Labute approximate surface area is 85.3 Å². The zero-order chi connectivity index (χ0) is 10.6. The molecule has 4 nitrogen and oxygen atoms in total. The van der Waals surface area contributed by atoms with Gasteiger partial charge in [-0.15, -0.1) is 0 Å². The molecule has 2 N–H and O–H groups in total. The van der Waals surface area contributed by atoms with Gasteiger partial charge in [-0.05, 0) is 32.4 Å². The minimum atomic E-state index is -0.762. The number of nitrogens with one attached hydrogen (secondary N) is 1. The van der Waals surface area contributed by atoms with Crippen LogP contribution in [0.1, 0.15) is 19.8 Å². The molecule has 0 aromatic rings. The maximum atomic E-state index is 10.8. The highest BCUT2D eigenvalue weighted by Crippen LogP contribution is 2.29. The molecule has 0 spiro atoms. The first kappa shape index (κ1) is 11.5. The summed E-state index contributed by atoms with van der Waals surface area (Å²) in [6, 6.07) is -0.436. The summed E-state index contributed by atoms with van der Waals surface area (Å²) in [4.78, 5) is 13.0. The van der Waals surface area contributed by atoms with Gasteiger partial charge in [0, 0.05) is 13.1 Å². The molecule has 1 atom stereocenters. The van der Waals surface area contributed by atoms with E-state index in [9.17, 15) is 4.79 Å². The Morgan fingerprint density at radius 3 is 2.64 bits per heavy atom. The number of carbonyl (C=O) groups is 1. The smallest absolute Gasteiger partial charge is 0.322 e. The summed E-state index contributed by atoms with van der Waals surface area (Å²) in [6.45, 7) is 4.68. The van der Waals surface area contributed by atoms with E-state index in [1.165, 1.54) is 12.8 Å². The minimum absolute atomic E-state index is 0.436. The lowest BCUT2D eigenvalue weighted by Crippen LogP contribution is -2.45. The van der Waals surface area contributed by atoms with E-state index in [4.69, 9.17) is 5.11 Å². The third-order valence-electron chi connectivity index (χ3n) is 2.75. The lowest BCUT2D eigenvalue weighted by atomic mass is 10.2. The molecule has 0 radical (unpaired) electrons. The van der Waals surface area contributed by atoms with Crippen molar-refractivity contribution in [3.63, 3.8) is 0 Å². The summed E-state index contributed by atoms with van der Waals surface area (Å²) in [6.07, 6.45) is 2.63. The molecule has 1 saturated carbocycles. The highest BCUT2D eigenvalue weighted by Gasteiger charge is 2.26. The number of hydrogen-bond acceptors (Lipinski definition) is 3. The Balaban J connectivity index is 2.31. The SMILES string of the molecule is CCN(CC1CC1)CC(NC)C(=O)O. The van der Waals surface area contributed by atoms with Gasteiger partial charge in [0.1, 0.15) is 6.04 Å².